The molecule has 1 heterocycles. The maximum absolute atomic E-state index is 14.0. The molecule has 0 atom stereocenters. The average Bonchev–Trinajstić information content (AvgIpc) is 2.78. The maximum Gasteiger partial charge on any atom is 0.229 e. The molecule has 0 aliphatic carbocycles. The second-order valence-electron chi connectivity index (χ2n) is 5.68. The van der Waals surface area contributed by atoms with Gasteiger partial charge in [-0.15, -0.1) is 0 Å². The van der Waals surface area contributed by atoms with Gasteiger partial charge >= 0.3 is 0 Å². The van der Waals surface area contributed by atoms with Crippen LogP contribution in [0, 0.1) is 12.7 Å². The van der Waals surface area contributed by atoms with E-state index in [1.54, 1.807) is 31.4 Å². The summed E-state index contributed by atoms with van der Waals surface area (Å²) >= 11 is 0. The lowest BCUT2D eigenvalue weighted by Gasteiger charge is -2.19. The van der Waals surface area contributed by atoms with Gasteiger partial charge in [0.25, 0.3) is 0 Å². The van der Waals surface area contributed by atoms with E-state index < -0.39 is 0 Å². The molecule has 1 aromatic carbocycles. The lowest BCUT2D eigenvalue weighted by atomic mass is 10.1. The van der Waals surface area contributed by atoms with Crippen molar-refractivity contribution in [3.05, 3.63) is 41.5 Å². The topological polar surface area (TPSA) is 38.1 Å². The molecule has 2 rings (SSSR count). The second-order valence-corrected chi connectivity index (χ2v) is 5.68. The van der Waals surface area contributed by atoms with Crippen molar-refractivity contribution in [2.75, 3.05) is 0 Å². The van der Waals surface area contributed by atoms with Gasteiger partial charge in [0.05, 0.1) is 11.3 Å². The number of rotatable bonds is 3. The van der Waals surface area contributed by atoms with E-state index in [0.29, 0.717) is 23.6 Å². The van der Waals surface area contributed by atoms with E-state index >= 15 is 0 Å². The van der Waals surface area contributed by atoms with Crippen molar-refractivity contribution in [1.29, 1.82) is 0 Å². The molecule has 0 saturated carbocycles. The van der Waals surface area contributed by atoms with Crippen LogP contribution in [0.1, 0.15) is 32.0 Å². The minimum Gasteiger partial charge on any atom is -0.444 e. The molecule has 1 N–H and O–H groups in total. The van der Waals surface area contributed by atoms with Crippen LogP contribution >= 0.6 is 0 Å². The molecular weight excluding hydrogens is 243 g/mol. The number of hydrogen-bond acceptors (Lipinski definition) is 3. The van der Waals surface area contributed by atoms with Crippen LogP contribution in [-0.2, 0) is 6.54 Å². The van der Waals surface area contributed by atoms with Crippen LogP contribution in [0.4, 0.5) is 4.39 Å². The van der Waals surface area contributed by atoms with Crippen molar-refractivity contribution in [3.8, 4) is 11.5 Å². The zero-order valence-electron chi connectivity index (χ0n) is 11.7. The Hall–Kier alpha value is -1.68. The molecule has 0 aliphatic heterocycles. The number of aryl methyl sites for hydroxylation is 1. The SMILES string of the molecule is Cc1cccc(-c2nc(CNC(C)(C)C)co2)c1F. The second kappa shape index (κ2) is 5.13. The van der Waals surface area contributed by atoms with Gasteiger partial charge < -0.3 is 9.73 Å². The van der Waals surface area contributed by atoms with Crippen LogP contribution in [0.15, 0.2) is 28.9 Å². The monoisotopic (exact) mass is 262 g/mol. The van der Waals surface area contributed by atoms with Crippen molar-refractivity contribution in [2.24, 2.45) is 0 Å². The number of halogens is 1. The van der Waals surface area contributed by atoms with Crippen molar-refractivity contribution < 1.29 is 8.81 Å². The van der Waals surface area contributed by atoms with E-state index in [0.717, 1.165) is 5.69 Å². The fourth-order valence-electron chi connectivity index (χ4n) is 1.68. The third kappa shape index (κ3) is 3.41. The summed E-state index contributed by atoms with van der Waals surface area (Å²) in [7, 11) is 0. The van der Waals surface area contributed by atoms with E-state index in [1.165, 1.54) is 0 Å². The number of benzene rings is 1. The van der Waals surface area contributed by atoms with Crippen LogP contribution in [0.5, 0.6) is 0 Å². The molecule has 4 heteroatoms. The molecule has 0 amide bonds. The predicted octanol–water partition coefficient (Wildman–Crippen LogP) is 3.68. The number of nitrogens with zero attached hydrogens (tertiary/aromatic N) is 1. The fourth-order valence-corrected chi connectivity index (χ4v) is 1.68. The lowest BCUT2D eigenvalue weighted by molar-refractivity contribution is 0.421. The van der Waals surface area contributed by atoms with E-state index in [9.17, 15) is 4.39 Å². The predicted molar refractivity (Wildman–Crippen MR) is 73.2 cm³/mol. The first-order valence-electron chi connectivity index (χ1n) is 6.32. The standard InChI is InChI=1S/C15H19FN2O/c1-10-6-5-7-12(13(10)16)14-18-11(9-19-14)8-17-15(2,3)4/h5-7,9,17H,8H2,1-4H3. The summed E-state index contributed by atoms with van der Waals surface area (Å²) in [6.45, 7) is 8.56. The molecule has 0 bridgehead atoms. The highest BCUT2D eigenvalue weighted by atomic mass is 19.1. The molecule has 0 saturated heterocycles. The average molecular weight is 262 g/mol. The Kier molecular flexibility index (Phi) is 3.71. The zero-order valence-corrected chi connectivity index (χ0v) is 11.7. The van der Waals surface area contributed by atoms with Crippen molar-refractivity contribution >= 4 is 0 Å². The largest absolute Gasteiger partial charge is 0.444 e. The number of oxazole rings is 1. The van der Waals surface area contributed by atoms with Crippen molar-refractivity contribution in [1.82, 2.24) is 10.3 Å². The quantitative estimate of drug-likeness (QED) is 0.917. The summed E-state index contributed by atoms with van der Waals surface area (Å²) in [5, 5.41) is 3.31. The van der Waals surface area contributed by atoms with Gasteiger partial charge in [-0.3, -0.25) is 0 Å². The van der Waals surface area contributed by atoms with Gasteiger partial charge in [-0.25, -0.2) is 9.37 Å². The first kappa shape index (κ1) is 13.7. The molecule has 0 unspecified atom stereocenters. The van der Waals surface area contributed by atoms with E-state index in [4.69, 9.17) is 4.42 Å². The fraction of sp³-hybridized carbons (Fsp3) is 0.400. The summed E-state index contributed by atoms with van der Waals surface area (Å²) < 4.78 is 19.3. The highest BCUT2D eigenvalue weighted by Gasteiger charge is 2.14. The Labute approximate surface area is 112 Å². The van der Waals surface area contributed by atoms with E-state index in [2.05, 4.69) is 31.1 Å². The maximum atomic E-state index is 14.0. The Morgan fingerprint density at radius 2 is 2.05 bits per heavy atom. The summed E-state index contributed by atoms with van der Waals surface area (Å²) in [6, 6.07) is 5.20. The molecule has 3 nitrogen and oxygen atoms in total. The van der Waals surface area contributed by atoms with Crippen LogP contribution < -0.4 is 5.32 Å². The molecule has 0 aliphatic rings. The third-order valence-corrected chi connectivity index (χ3v) is 2.77. The Morgan fingerprint density at radius 3 is 2.74 bits per heavy atom. The highest BCUT2D eigenvalue weighted by Crippen LogP contribution is 2.24. The Bertz CT molecular complexity index is 570. The Morgan fingerprint density at radius 1 is 1.32 bits per heavy atom. The van der Waals surface area contributed by atoms with Gasteiger partial charge in [0, 0.05) is 12.1 Å². The van der Waals surface area contributed by atoms with E-state index in [-0.39, 0.29) is 11.4 Å². The third-order valence-electron chi connectivity index (χ3n) is 2.77. The summed E-state index contributed by atoms with van der Waals surface area (Å²) in [5.41, 5.74) is 1.77. The number of hydrogen-bond donors (Lipinski definition) is 1. The van der Waals surface area contributed by atoms with Crippen LogP contribution in [0.2, 0.25) is 0 Å². The van der Waals surface area contributed by atoms with Crippen molar-refractivity contribution in [2.45, 2.75) is 39.8 Å². The highest BCUT2D eigenvalue weighted by molar-refractivity contribution is 5.55. The van der Waals surface area contributed by atoms with Gasteiger partial charge in [0.15, 0.2) is 0 Å². The molecule has 1 aromatic heterocycles. The smallest absolute Gasteiger partial charge is 0.229 e. The molecule has 0 radical (unpaired) electrons. The molecule has 102 valence electrons. The number of nitrogens with one attached hydrogen (secondary N) is 1. The minimum absolute atomic E-state index is 0.00764. The van der Waals surface area contributed by atoms with Crippen LogP contribution in [0.3, 0.4) is 0 Å². The lowest BCUT2D eigenvalue weighted by Crippen LogP contribution is -2.35. The molecular formula is C15H19FN2O. The summed E-state index contributed by atoms with van der Waals surface area (Å²) in [4.78, 5) is 4.32. The number of aromatic nitrogens is 1. The van der Waals surface area contributed by atoms with Crippen LogP contribution in [0.25, 0.3) is 11.5 Å². The minimum atomic E-state index is -0.278. The molecule has 19 heavy (non-hydrogen) atoms. The molecule has 2 aromatic rings. The molecule has 0 fully saturated rings. The van der Waals surface area contributed by atoms with Gasteiger partial charge in [-0.05, 0) is 39.3 Å². The van der Waals surface area contributed by atoms with Gasteiger partial charge in [0.2, 0.25) is 5.89 Å². The Balaban J connectivity index is 2.19. The van der Waals surface area contributed by atoms with Gasteiger partial charge in [0.1, 0.15) is 12.1 Å². The van der Waals surface area contributed by atoms with Crippen molar-refractivity contribution in [3.63, 3.8) is 0 Å². The van der Waals surface area contributed by atoms with Gasteiger partial charge in [-0.2, -0.15) is 0 Å². The molecule has 0 spiro atoms. The van der Waals surface area contributed by atoms with E-state index in [1.807, 2.05) is 0 Å². The first-order valence-corrected chi connectivity index (χ1v) is 6.32. The van der Waals surface area contributed by atoms with Gasteiger partial charge in [-0.1, -0.05) is 12.1 Å². The normalized spacial score (nSPS) is 11.8. The first-order chi connectivity index (χ1) is 8.87. The summed E-state index contributed by atoms with van der Waals surface area (Å²) in [6.07, 6.45) is 1.57. The zero-order chi connectivity index (χ0) is 14.0. The summed E-state index contributed by atoms with van der Waals surface area (Å²) in [5.74, 6) is 0.0478. The van der Waals surface area contributed by atoms with Crippen LogP contribution in [-0.4, -0.2) is 10.5 Å².